The van der Waals surface area contributed by atoms with Crippen LogP contribution in [0, 0.1) is 0 Å². The molecular formula is C18H17N3O2. The van der Waals surface area contributed by atoms with Crippen LogP contribution in [0.3, 0.4) is 0 Å². The van der Waals surface area contributed by atoms with E-state index in [-0.39, 0.29) is 11.5 Å². The lowest BCUT2D eigenvalue weighted by molar-refractivity contribution is 0.461. The normalized spacial score (nSPS) is 11.6. The number of aromatic hydroxyl groups is 1. The van der Waals surface area contributed by atoms with Gasteiger partial charge < -0.3 is 15.5 Å². The lowest BCUT2D eigenvalue weighted by Crippen LogP contribution is -2.03. The number of aromatic nitrogens is 2. The maximum atomic E-state index is 10.2. The number of phenols is 1. The van der Waals surface area contributed by atoms with Crippen LogP contribution in [-0.4, -0.2) is 26.7 Å². The van der Waals surface area contributed by atoms with E-state index in [0.717, 1.165) is 23.3 Å². The van der Waals surface area contributed by atoms with Gasteiger partial charge in [0.2, 0.25) is 0 Å². The van der Waals surface area contributed by atoms with Crippen molar-refractivity contribution in [3.63, 3.8) is 0 Å². The minimum absolute atomic E-state index is 0.00828. The lowest BCUT2D eigenvalue weighted by Gasteiger charge is -2.08. The predicted octanol–water partition coefficient (Wildman–Crippen LogP) is 3.82. The summed E-state index contributed by atoms with van der Waals surface area (Å²) in [5, 5.41) is 24.2. The van der Waals surface area contributed by atoms with Gasteiger partial charge in [0.1, 0.15) is 17.3 Å². The number of nitrogens with one attached hydrogen (secondary N) is 1. The smallest absolute Gasteiger partial charge is 0.158 e. The van der Waals surface area contributed by atoms with Crippen molar-refractivity contribution in [2.45, 2.75) is 6.92 Å². The Morgan fingerprint density at radius 1 is 1.09 bits per heavy atom. The highest BCUT2D eigenvalue weighted by Gasteiger charge is 2.09. The van der Waals surface area contributed by atoms with E-state index in [9.17, 15) is 10.2 Å². The first kappa shape index (κ1) is 14.8. The van der Waals surface area contributed by atoms with Crippen LogP contribution in [0.5, 0.6) is 5.75 Å². The Morgan fingerprint density at radius 2 is 1.83 bits per heavy atom. The first-order valence-electron chi connectivity index (χ1n) is 7.38. The van der Waals surface area contributed by atoms with Crippen LogP contribution in [0.1, 0.15) is 18.3 Å². The molecule has 0 fully saturated rings. The molecule has 1 aromatic heterocycles. The van der Waals surface area contributed by atoms with Crippen molar-refractivity contribution in [2.24, 2.45) is 0 Å². The second-order valence-corrected chi connectivity index (χ2v) is 5.02. The Labute approximate surface area is 134 Å². The highest BCUT2D eigenvalue weighted by molar-refractivity contribution is 5.90. The molecule has 116 valence electrons. The molecule has 0 radical (unpaired) electrons. The first-order valence-corrected chi connectivity index (χ1v) is 7.38. The lowest BCUT2D eigenvalue weighted by atomic mass is 10.1. The summed E-state index contributed by atoms with van der Waals surface area (Å²) < 4.78 is 0. The Morgan fingerprint density at radius 3 is 2.61 bits per heavy atom. The quantitative estimate of drug-likeness (QED) is 0.639. The zero-order chi connectivity index (χ0) is 16.2. The summed E-state index contributed by atoms with van der Waals surface area (Å²) in [6.45, 7) is 2.72. The monoisotopic (exact) mass is 307 g/mol. The molecule has 0 aliphatic carbocycles. The number of hydrogen-bond acceptors (Lipinski definition) is 5. The topological polar surface area (TPSA) is 78.3 Å². The van der Waals surface area contributed by atoms with Gasteiger partial charge >= 0.3 is 0 Å². The number of fused-ring (bicyclic) bond motifs is 1. The summed E-state index contributed by atoms with van der Waals surface area (Å²) in [7, 11) is 0. The molecule has 1 heterocycles. The molecular weight excluding hydrogens is 290 g/mol. The van der Waals surface area contributed by atoms with Crippen molar-refractivity contribution in [3.8, 4) is 5.75 Å². The third kappa shape index (κ3) is 3.08. The molecule has 2 aromatic carbocycles. The number of aliphatic hydroxyl groups excluding tert-OH is 1. The molecule has 0 saturated carbocycles. The van der Waals surface area contributed by atoms with Gasteiger partial charge in [-0.3, -0.25) is 0 Å². The molecule has 0 amide bonds. The number of benzene rings is 2. The summed E-state index contributed by atoms with van der Waals surface area (Å²) in [6, 6.07) is 14.3. The second kappa shape index (κ2) is 6.36. The van der Waals surface area contributed by atoms with Gasteiger partial charge in [0.15, 0.2) is 5.82 Å². The van der Waals surface area contributed by atoms with E-state index in [1.807, 2.05) is 31.2 Å². The van der Waals surface area contributed by atoms with Crippen molar-refractivity contribution in [1.29, 1.82) is 0 Å². The van der Waals surface area contributed by atoms with Gasteiger partial charge in [0.05, 0.1) is 11.1 Å². The number of phenolic OH excluding ortho intramolecular Hbond substituents is 1. The van der Waals surface area contributed by atoms with Crippen LogP contribution < -0.4 is 5.32 Å². The van der Waals surface area contributed by atoms with Crippen LogP contribution in [0.15, 0.2) is 48.5 Å². The van der Waals surface area contributed by atoms with Gasteiger partial charge in [-0.05, 0) is 31.2 Å². The summed E-state index contributed by atoms with van der Waals surface area (Å²) >= 11 is 0. The number of rotatable bonds is 4. The van der Waals surface area contributed by atoms with Crippen LogP contribution >= 0.6 is 0 Å². The summed E-state index contributed by atoms with van der Waals surface area (Å²) in [5.41, 5.74) is 1.13. The van der Waals surface area contributed by atoms with Gasteiger partial charge in [-0.2, -0.15) is 0 Å². The number of anilines is 1. The Bertz CT molecular complexity index is 875. The van der Waals surface area contributed by atoms with Crippen LogP contribution in [0.25, 0.3) is 22.7 Å². The predicted molar refractivity (Wildman–Crippen MR) is 92.3 cm³/mol. The van der Waals surface area contributed by atoms with Crippen LogP contribution in [0.2, 0.25) is 0 Å². The molecule has 0 atom stereocenters. The summed E-state index contributed by atoms with van der Waals surface area (Å²) in [5.74, 6) is 1.02. The molecule has 5 heteroatoms. The average molecular weight is 307 g/mol. The Hall–Kier alpha value is -3.08. The van der Waals surface area contributed by atoms with Gasteiger partial charge in [0.25, 0.3) is 0 Å². The van der Waals surface area contributed by atoms with Crippen LogP contribution in [-0.2, 0) is 0 Å². The third-order valence-corrected chi connectivity index (χ3v) is 3.41. The van der Waals surface area contributed by atoms with Gasteiger partial charge in [-0.25, -0.2) is 9.97 Å². The molecule has 3 N–H and O–H groups in total. The minimum Gasteiger partial charge on any atom is -0.507 e. The van der Waals surface area contributed by atoms with E-state index in [0.29, 0.717) is 11.4 Å². The number of nitrogens with zero attached hydrogens (tertiary/aromatic N) is 2. The molecule has 0 aliphatic heterocycles. The van der Waals surface area contributed by atoms with Crippen molar-refractivity contribution in [2.75, 3.05) is 11.9 Å². The van der Waals surface area contributed by atoms with E-state index in [1.54, 1.807) is 18.2 Å². The molecule has 0 bridgehead atoms. The second-order valence-electron chi connectivity index (χ2n) is 5.02. The average Bonchev–Trinajstić information content (AvgIpc) is 2.55. The molecule has 3 rings (SSSR count). The fourth-order valence-electron chi connectivity index (χ4n) is 2.35. The summed E-state index contributed by atoms with van der Waals surface area (Å²) in [4.78, 5) is 8.89. The molecule has 0 aliphatic rings. The number of hydrogen-bond donors (Lipinski definition) is 3. The van der Waals surface area contributed by atoms with Gasteiger partial charge in [-0.1, -0.05) is 24.3 Å². The van der Waals surface area contributed by atoms with E-state index < -0.39 is 0 Å². The SMILES string of the molecule is CCNc1nc(/C=C(\O)c2ccccc2O)nc2ccccc12. The Balaban J connectivity index is 2.09. The summed E-state index contributed by atoms with van der Waals surface area (Å²) in [6.07, 6.45) is 1.45. The Kier molecular flexibility index (Phi) is 4.10. The van der Waals surface area contributed by atoms with Crippen molar-refractivity contribution < 1.29 is 10.2 Å². The molecule has 23 heavy (non-hydrogen) atoms. The van der Waals surface area contributed by atoms with Gasteiger partial charge in [-0.15, -0.1) is 0 Å². The van der Waals surface area contributed by atoms with Crippen molar-refractivity contribution in [3.05, 3.63) is 59.9 Å². The molecule has 0 spiro atoms. The molecule has 3 aromatic rings. The molecule has 0 saturated heterocycles. The first-order chi connectivity index (χ1) is 11.2. The van der Waals surface area contributed by atoms with E-state index in [2.05, 4.69) is 15.3 Å². The largest absolute Gasteiger partial charge is 0.507 e. The molecule has 5 nitrogen and oxygen atoms in total. The van der Waals surface area contributed by atoms with Crippen LogP contribution in [0.4, 0.5) is 5.82 Å². The zero-order valence-electron chi connectivity index (χ0n) is 12.7. The van der Waals surface area contributed by atoms with E-state index in [4.69, 9.17) is 0 Å². The highest BCUT2D eigenvalue weighted by atomic mass is 16.3. The van der Waals surface area contributed by atoms with Gasteiger partial charge in [0, 0.05) is 18.0 Å². The molecule has 0 unspecified atom stereocenters. The zero-order valence-corrected chi connectivity index (χ0v) is 12.7. The number of para-hydroxylation sites is 2. The number of aliphatic hydroxyl groups is 1. The fourth-order valence-corrected chi connectivity index (χ4v) is 2.35. The van der Waals surface area contributed by atoms with Crippen molar-refractivity contribution >= 4 is 28.6 Å². The maximum absolute atomic E-state index is 10.2. The maximum Gasteiger partial charge on any atom is 0.158 e. The highest BCUT2D eigenvalue weighted by Crippen LogP contribution is 2.25. The third-order valence-electron chi connectivity index (χ3n) is 3.41. The fraction of sp³-hybridized carbons (Fsp3) is 0.111. The minimum atomic E-state index is -0.0826. The van der Waals surface area contributed by atoms with Crippen molar-refractivity contribution in [1.82, 2.24) is 9.97 Å². The standard InChI is InChI=1S/C18H17N3O2/c1-2-19-18-12-7-3-5-9-14(12)20-17(21-18)11-16(23)13-8-4-6-10-15(13)22/h3-11,22-23H,2H2,1H3,(H,19,20,21)/b16-11-. The van der Waals surface area contributed by atoms with E-state index in [1.165, 1.54) is 12.1 Å². The van der Waals surface area contributed by atoms with E-state index >= 15 is 0 Å².